The number of nitrogens with zero attached hydrogens (tertiary/aromatic N) is 4. The monoisotopic (exact) mass is 260 g/mol. The van der Waals surface area contributed by atoms with Crippen molar-refractivity contribution < 1.29 is 4.79 Å². The number of carbonyl (C=O) groups is 1. The van der Waals surface area contributed by atoms with Gasteiger partial charge in [-0.25, -0.2) is 0 Å². The van der Waals surface area contributed by atoms with Crippen LogP contribution in [0.5, 0.6) is 0 Å². The molecule has 0 aliphatic heterocycles. The Morgan fingerprint density at radius 2 is 2.32 bits per heavy atom. The highest BCUT2D eigenvalue weighted by molar-refractivity contribution is 5.91. The Kier molecular flexibility index (Phi) is 4.19. The zero-order valence-electron chi connectivity index (χ0n) is 10.7. The minimum absolute atomic E-state index is 0.272. The van der Waals surface area contributed by atoms with Gasteiger partial charge in [-0.1, -0.05) is 11.3 Å². The van der Waals surface area contributed by atoms with E-state index in [0.29, 0.717) is 19.6 Å². The minimum Gasteiger partial charge on any atom is -0.345 e. The third kappa shape index (κ3) is 3.59. The summed E-state index contributed by atoms with van der Waals surface area (Å²) >= 11 is 0. The van der Waals surface area contributed by atoms with Gasteiger partial charge in [-0.15, -0.1) is 5.10 Å². The molecule has 2 aromatic rings. The van der Waals surface area contributed by atoms with Crippen LogP contribution in [-0.2, 0) is 13.1 Å². The first-order valence-corrected chi connectivity index (χ1v) is 6.00. The van der Waals surface area contributed by atoms with Gasteiger partial charge in [-0.2, -0.15) is 0 Å². The highest BCUT2D eigenvalue weighted by atomic mass is 16.2. The van der Waals surface area contributed by atoms with Crippen LogP contribution in [0, 0.1) is 6.92 Å². The topological polar surface area (TPSA) is 98.7 Å². The molecular formula is C12H16N6O. The highest BCUT2D eigenvalue weighted by Crippen LogP contribution is 1.99. The van der Waals surface area contributed by atoms with Crippen LogP contribution in [0.3, 0.4) is 0 Å². The van der Waals surface area contributed by atoms with Crippen molar-refractivity contribution in [2.75, 3.05) is 6.54 Å². The second kappa shape index (κ2) is 6.05. The van der Waals surface area contributed by atoms with Gasteiger partial charge in [0.2, 0.25) is 0 Å². The molecule has 3 N–H and O–H groups in total. The standard InChI is InChI=1S/C12H16N6O/c1-9-3-2-4-10(15-9)7-14-12(19)11-8-18(6-5-13)17-16-11/h2-4,8H,5-7,13H2,1H3,(H,14,19). The molecular weight excluding hydrogens is 244 g/mol. The molecule has 2 rings (SSSR count). The van der Waals surface area contributed by atoms with E-state index in [0.717, 1.165) is 11.4 Å². The Morgan fingerprint density at radius 3 is 3.05 bits per heavy atom. The van der Waals surface area contributed by atoms with Crippen LogP contribution in [-0.4, -0.2) is 32.4 Å². The lowest BCUT2D eigenvalue weighted by molar-refractivity contribution is 0.0945. The molecule has 0 aliphatic rings. The van der Waals surface area contributed by atoms with E-state index in [1.54, 1.807) is 10.9 Å². The van der Waals surface area contributed by atoms with E-state index in [4.69, 9.17) is 5.73 Å². The van der Waals surface area contributed by atoms with Gasteiger partial charge in [-0.3, -0.25) is 14.5 Å². The van der Waals surface area contributed by atoms with E-state index in [-0.39, 0.29) is 11.6 Å². The molecule has 19 heavy (non-hydrogen) atoms. The third-order valence-corrected chi connectivity index (χ3v) is 2.51. The van der Waals surface area contributed by atoms with Crippen molar-refractivity contribution in [1.29, 1.82) is 0 Å². The first-order chi connectivity index (χ1) is 9.19. The molecule has 1 amide bonds. The summed E-state index contributed by atoms with van der Waals surface area (Å²) in [6.07, 6.45) is 1.58. The number of aromatic nitrogens is 4. The summed E-state index contributed by atoms with van der Waals surface area (Å²) in [7, 11) is 0. The SMILES string of the molecule is Cc1cccc(CNC(=O)c2cn(CCN)nn2)n1. The van der Waals surface area contributed by atoms with Crippen molar-refractivity contribution in [1.82, 2.24) is 25.3 Å². The highest BCUT2D eigenvalue weighted by Gasteiger charge is 2.10. The van der Waals surface area contributed by atoms with E-state index in [1.165, 1.54) is 0 Å². The van der Waals surface area contributed by atoms with Gasteiger partial charge in [0.1, 0.15) is 0 Å². The largest absolute Gasteiger partial charge is 0.345 e. The summed E-state index contributed by atoms with van der Waals surface area (Å²) in [5.41, 5.74) is 7.40. The molecule has 0 radical (unpaired) electrons. The van der Waals surface area contributed by atoms with E-state index in [9.17, 15) is 4.79 Å². The number of pyridine rings is 1. The predicted octanol–water partition coefficient (Wildman–Crippen LogP) is -0.130. The Balaban J connectivity index is 1.93. The van der Waals surface area contributed by atoms with E-state index >= 15 is 0 Å². The number of nitrogens with one attached hydrogen (secondary N) is 1. The summed E-state index contributed by atoms with van der Waals surface area (Å²) in [6, 6.07) is 5.67. The van der Waals surface area contributed by atoms with Crippen molar-refractivity contribution in [3.8, 4) is 0 Å². The molecule has 7 heteroatoms. The molecule has 0 saturated heterocycles. The second-order valence-electron chi connectivity index (χ2n) is 4.11. The lowest BCUT2D eigenvalue weighted by atomic mass is 10.3. The van der Waals surface area contributed by atoms with Crippen LogP contribution in [0.1, 0.15) is 21.9 Å². The van der Waals surface area contributed by atoms with Crippen LogP contribution in [0.25, 0.3) is 0 Å². The Bertz CT molecular complexity index is 565. The first kappa shape index (κ1) is 13.2. The van der Waals surface area contributed by atoms with Gasteiger partial charge in [0.05, 0.1) is 25.0 Å². The number of carbonyl (C=O) groups excluding carboxylic acids is 1. The predicted molar refractivity (Wildman–Crippen MR) is 69.2 cm³/mol. The number of amides is 1. The normalized spacial score (nSPS) is 10.4. The minimum atomic E-state index is -0.272. The van der Waals surface area contributed by atoms with E-state index < -0.39 is 0 Å². The number of hydrogen-bond donors (Lipinski definition) is 2. The maximum atomic E-state index is 11.8. The first-order valence-electron chi connectivity index (χ1n) is 6.00. The molecule has 100 valence electrons. The van der Waals surface area contributed by atoms with Crippen LogP contribution in [0.4, 0.5) is 0 Å². The molecule has 7 nitrogen and oxygen atoms in total. The molecule has 0 bridgehead atoms. The van der Waals surface area contributed by atoms with Gasteiger partial charge in [0.25, 0.3) is 5.91 Å². The van der Waals surface area contributed by atoms with Gasteiger partial charge < -0.3 is 11.1 Å². The molecule has 0 unspecified atom stereocenters. The summed E-state index contributed by atoms with van der Waals surface area (Å²) < 4.78 is 1.54. The summed E-state index contributed by atoms with van der Waals surface area (Å²) in [4.78, 5) is 16.1. The molecule has 2 aromatic heterocycles. The van der Waals surface area contributed by atoms with Crippen LogP contribution >= 0.6 is 0 Å². The number of rotatable bonds is 5. The molecule has 0 saturated carbocycles. The van der Waals surface area contributed by atoms with Gasteiger partial charge in [-0.05, 0) is 19.1 Å². The molecule has 0 atom stereocenters. The zero-order valence-corrected chi connectivity index (χ0v) is 10.7. The van der Waals surface area contributed by atoms with Gasteiger partial charge in [0, 0.05) is 12.2 Å². The fourth-order valence-corrected chi connectivity index (χ4v) is 1.60. The van der Waals surface area contributed by atoms with Crippen LogP contribution in [0.15, 0.2) is 24.4 Å². The smallest absolute Gasteiger partial charge is 0.273 e. The number of aryl methyl sites for hydroxylation is 1. The number of nitrogens with two attached hydrogens (primary N) is 1. The van der Waals surface area contributed by atoms with Gasteiger partial charge >= 0.3 is 0 Å². The Labute approximate surface area is 110 Å². The van der Waals surface area contributed by atoms with Gasteiger partial charge in [0.15, 0.2) is 5.69 Å². The maximum absolute atomic E-state index is 11.8. The molecule has 0 spiro atoms. The maximum Gasteiger partial charge on any atom is 0.273 e. The van der Waals surface area contributed by atoms with Crippen LogP contribution < -0.4 is 11.1 Å². The Morgan fingerprint density at radius 1 is 1.47 bits per heavy atom. The molecule has 0 fully saturated rings. The number of hydrogen-bond acceptors (Lipinski definition) is 5. The van der Waals surface area contributed by atoms with E-state index in [1.807, 2.05) is 25.1 Å². The second-order valence-corrected chi connectivity index (χ2v) is 4.11. The lowest BCUT2D eigenvalue weighted by Gasteiger charge is -2.03. The molecule has 0 aliphatic carbocycles. The van der Waals surface area contributed by atoms with Crippen molar-refractivity contribution in [3.05, 3.63) is 41.5 Å². The zero-order chi connectivity index (χ0) is 13.7. The average Bonchev–Trinajstić information content (AvgIpc) is 2.85. The lowest BCUT2D eigenvalue weighted by Crippen LogP contribution is -2.23. The Hall–Kier alpha value is -2.28. The third-order valence-electron chi connectivity index (χ3n) is 2.51. The van der Waals surface area contributed by atoms with Crippen LogP contribution in [0.2, 0.25) is 0 Å². The van der Waals surface area contributed by atoms with Crippen molar-refractivity contribution in [3.63, 3.8) is 0 Å². The quantitative estimate of drug-likeness (QED) is 0.780. The van der Waals surface area contributed by atoms with Crippen molar-refractivity contribution in [2.45, 2.75) is 20.0 Å². The van der Waals surface area contributed by atoms with E-state index in [2.05, 4.69) is 20.6 Å². The van der Waals surface area contributed by atoms with Crippen molar-refractivity contribution >= 4 is 5.91 Å². The molecule has 0 aromatic carbocycles. The summed E-state index contributed by atoms with van der Waals surface area (Å²) in [5, 5.41) is 10.3. The average molecular weight is 260 g/mol. The summed E-state index contributed by atoms with van der Waals surface area (Å²) in [6.45, 7) is 3.27. The van der Waals surface area contributed by atoms with Crippen molar-refractivity contribution in [2.24, 2.45) is 5.73 Å². The fraction of sp³-hybridized carbons (Fsp3) is 0.333. The molecule has 2 heterocycles. The summed E-state index contributed by atoms with van der Waals surface area (Å²) in [5.74, 6) is -0.272. The fourth-order valence-electron chi connectivity index (χ4n) is 1.60.